The Morgan fingerprint density at radius 3 is 2.35 bits per heavy atom. The number of urea groups is 1. The molecule has 1 aliphatic heterocycles. The van der Waals surface area contributed by atoms with Crippen molar-refractivity contribution in [2.75, 3.05) is 18.4 Å². The maximum absolute atomic E-state index is 12.5. The third-order valence-corrected chi connectivity index (χ3v) is 7.71. The molecule has 0 atom stereocenters. The number of benzene rings is 1. The molecule has 2 fully saturated rings. The van der Waals surface area contributed by atoms with Crippen LogP contribution in [0, 0.1) is 5.92 Å². The molecule has 0 aromatic heterocycles. The monoisotopic (exact) mass is 371 g/mol. The number of nitrogens with zero attached hydrogens (tertiary/aromatic N) is 1. The molecule has 4 nitrogen and oxygen atoms in total. The predicted octanol–water partition coefficient (Wildman–Crippen LogP) is 3.92. The van der Waals surface area contributed by atoms with Crippen LogP contribution in [0.3, 0.4) is 0 Å². The fourth-order valence-electron chi connectivity index (χ4n) is 5.24. The van der Waals surface area contributed by atoms with Gasteiger partial charge >= 0.3 is 6.03 Å². The van der Waals surface area contributed by atoms with Crippen LogP contribution in [0.25, 0.3) is 0 Å². The van der Waals surface area contributed by atoms with Gasteiger partial charge in [-0.05, 0) is 91.5 Å². The zero-order valence-corrected chi connectivity index (χ0v) is 16.5. The summed E-state index contributed by atoms with van der Waals surface area (Å²) in [7, 11) is 0. The van der Waals surface area contributed by atoms with Crippen LogP contribution < -0.4 is 10.0 Å². The molecule has 0 radical (unpaired) electrons. The quantitative estimate of drug-likeness (QED) is 0.789. The SMILES string of the molecule is CC1CC(N2CC(SNC(=O)Nc3c4c(cc5c3CCC5)CCC4)C2)C1. The number of fused-ring (bicyclic) bond motifs is 2. The van der Waals surface area contributed by atoms with Gasteiger partial charge in [0.25, 0.3) is 0 Å². The lowest BCUT2D eigenvalue weighted by molar-refractivity contribution is 0.0423. The van der Waals surface area contributed by atoms with Gasteiger partial charge in [-0.25, -0.2) is 4.79 Å². The number of aryl methyl sites for hydroxylation is 2. The fourth-order valence-corrected chi connectivity index (χ4v) is 6.10. The first-order chi connectivity index (χ1) is 12.7. The van der Waals surface area contributed by atoms with E-state index in [2.05, 4.69) is 27.9 Å². The first-order valence-corrected chi connectivity index (χ1v) is 11.2. The second-order valence-corrected chi connectivity index (χ2v) is 9.82. The lowest BCUT2D eigenvalue weighted by Crippen LogP contribution is -2.58. The molecule has 26 heavy (non-hydrogen) atoms. The molecule has 1 saturated carbocycles. The first kappa shape index (κ1) is 16.9. The largest absolute Gasteiger partial charge is 0.329 e. The highest BCUT2D eigenvalue weighted by molar-refractivity contribution is 7.98. The zero-order valence-electron chi connectivity index (χ0n) is 15.6. The van der Waals surface area contributed by atoms with Gasteiger partial charge in [-0.15, -0.1) is 0 Å². The third-order valence-electron chi connectivity index (χ3n) is 6.77. The lowest BCUT2D eigenvalue weighted by Gasteiger charge is -2.49. The van der Waals surface area contributed by atoms with Crippen molar-refractivity contribution in [2.24, 2.45) is 5.92 Å². The van der Waals surface area contributed by atoms with Crippen LogP contribution >= 0.6 is 11.9 Å². The van der Waals surface area contributed by atoms with Crippen LogP contribution in [0.15, 0.2) is 6.07 Å². The van der Waals surface area contributed by atoms with Gasteiger partial charge in [-0.2, -0.15) is 0 Å². The van der Waals surface area contributed by atoms with E-state index in [0.717, 1.165) is 43.6 Å². The normalized spacial score (nSPS) is 27.4. The standard InChI is InChI=1S/C21H29N3OS/c1-13-8-16(9-13)24-11-17(12-24)26-23-21(25)22-20-18-6-2-4-14(18)10-15-5-3-7-19(15)20/h10,13,16-17H,2-9,11-12H2,1H3,(H2,22,23,25). The Morgan fingerprint density at radius 1 is 1.08 bits per heavy atom. The maximum atomic E-state index is 12.5. The average molecular weight is 372 g/mol. The van der Waals surface area contributed by atoms with Crippen molar-refractivity contribution in [3.05, 3.63) is 28.3 Å². The van der Waals surface area contributed by atoms with Gasteiger partial charge in [0, 0.05) is 24.8 Å². The van der Waals surface area contributed by atoms with Crippen LogP contribution in [-0.2, 0) is 25.7 Å². The number of amides is 2. The van der Waals surface area contributed by atoms with Gasteiger partial charge in [0.1, 0.15) is 0 Å². The van der Waals surface area contributed by atoms with E-state index in [1.54, 1.807) is 11.9 Å². The molecule has 0 unspecified atom stereocenters. The van der Waals surface area contributed by atoms with Crippen LogP contribution in [0.4, 0.5) is 10.5 Å². The molecule has 0 spiro atoms. The third kappa shape index (κ3) is 3.03. The number of rotatable bonds is 4. The number of hydrogen-bond acceptors (Lipinski definition) is 3. The number of anilines is 1. The van der Waals surface area contributed by atoms with E-state index in [9.17, 15) is 4.79 Å². The van der Waals surface area contributed by atoms with Crippen molar-refractivity contribution in [3.63, 3.8) is 0 Å². The van der Waals surface area contributed by atoms with Crippen molar-refractivity contribution >= 4 is 23.7 Å². The van der Waals surface area contributed by atoms with Crippen molar-refractivity contribution in [1.29, 1.82) is 0 Å². The van der Waals surface area contributed by atoms with Crippen LogP contribution in [0.1, 0.15) is 54.9 Å². The van der Waals surface area contributed by atoms with E-state index in [-0.39, 0.29) is 6.03 Å². The smallest absolute Gasteiger partial charge is 0.307 e. The van der Waals surface area contributed by atoms with Crippen molar-refractivity contribution in [1.82, 2.24) is 9.62 Å². The van der Waals surface area contributed by atoms with E-state index < -0.39 is 0 Å². The Balaban J connectivity index is 1.16. The molecule has 1 saturated heterocycles. The molecule has 2 N–H and O–H groups in total. The summed E-state index contributed by atoms with van der Waals surface area (Å²) in [5.41, 5.74) is 6.89. The molecular weight excluding hydrogens is 342 g/mol. The summed E-state index contributed by atoms with van der Waals surface area (Å²) in [5.74, 6) is 0.907. The van der Waals surface area contributed by atoms with E-state index >= 15 is 0 Å². The minimum atomic E-state index is -0.0416. The summed E-state index contributed by atoms with van der Waals surface area (Å²) in [6, 6.07) is 3.18. The fraction of sp³-hybridized carbons (Fsp3) is 0.667. The Labute approximate surface area is 160 Å². The topological polar surface area (TPSA) is 44.4 Å². The summed E-state index contributed by atoms with van der Waals surface area (Å²) in [5, 5.41) is 3.77. The summed E-state index contributed by atoms with van der Waals surface area (Å²) in [6.45, 7) is 4.59. The van der Waals surface area contributed by atoms with Crippen molar-refractivity contribution < 1.29 is 4.79 Å². The minimum Gasteiger partial charge on any atom is -0.307 e. The highest BCUT2D eigenvalue weighted by Gasteiger charge is 2.38. The Morgan fingerprint density at radius 2 is 1.73 bits per heavy atom. The van der Waals surface area contributed by atoms with E-state index in [0.29, 0.717) is 5.25 Å². The lowest BCUT2D eigenvalue weighted by atomic mass is 9.79. The Kier molecular flexibility index (Phi) is 4.40. The number of hydrogen-bond donors (Lipinski definition) is 2. The van der Waals surface area contributed by atoms with Gasteiger partial charge in [0.05, 0.1) is 5.25 Å². The number of nitrogens with one attached hydrogen (secondary N) is 2. The molecule has 3 aliphatic carbocycles. The molecule has 5 heteroatoms. The molecule has 1 heterocycles. The Hall–Kier alpha value is -1.20. The van der Waals surface area contributed by atoms with Gasteiger partial charge in [-0.3, -0.25) is 9.62 Å². The number of carbonyl (C=O) groups is 1. The molecule has 1 aromatic rings. The van der Waals surface area contributed by atoms with Crippen LogP contribution in [0.2, 0.25) is 0 Å². The number of likely N-dealkylation sites (tertiary alicyclic amines) is 1. The van der Waals surface area contributed by atoms with Crippen LogP contribution in [-0.4, -0.2) is 35.3 Å². The van der Waals surface area contributed by atoms with Gasteiger partial charge < -0.3 is 5.32 Å². The highest BCUT2D eigenvalue weighted by Crippen LogP contribution is 2.39. The van der Waals surface area contributed by atoms with Gasteiger partial charge in [-0.1, -0.05) is 13.0 Å². The Bertz CT molecular complexity index is 690. The molecule has 2 amide bonds. The second kappa shape index (κ2) is 6.75. The van der Waals surface area contributed by atoms with Crippen molar-refractivity contribution in [3.8, 4) is 0 Å². The maximum Gasteiger partial charge on any atom is 0.329 e. The molecule has 1 aromatic carbocycles. The summed E-state index contributed by atoms with van der Waals surface area (Å²) in [6.07, 6.45) is 9.73. The number of carbonyl (C=O) groups excluding carboxylic acids is 1. The zero-order chi connectivity index (χ0) is 17.7. The molecular formula is C21H29N3OS. The summed E-state index contributed by atoms with van der Waals surface area (Å²) < 4.78 is 3.06. The molecule has 0 bridgehead atoms. The first-order valence-electron chi connectivity index (χ1n) is 10.3. The second-order valence-electron chi connectivity index (χ2n) is 8.71. The van der Waals surface area contributed by atoms with E-state index in [1.165, 1.54) is 60.8 Å². The summed E-state index contributed by atoms with van der Waals surface area (Å²) >= 11 is 1.61. The molecule has 4 aliphatic rings. The van der Waals surface area contributed by atoms with Gasteiger partial charge in [0.15, 0.2) is 0 Å². The summed E-state index contributed by atoms with van der Waals surface area (Å²) in [4.78, 5) is 15.1. The van der Waals surface area contributed by atoms with Gasteiger partial charge in [0.2, 0.25) is 0 Å². The van der Waals surface area contributed by atoms with E-state index in [4.69, 9.17) is 0 Å². The predicted molar refractivity (Wildman–Crippen MR) is 108 cm³/mol. The average Bonchev–Trinajstić information content (AvgIpc) is 3.19. The highest BCUT2D eigenvalue weighted by atomic mass is 32.2. The molecule has 5 rings (SSSR count). The van der Waals surface area contributed by atoms with Crippen LogP contribution in [0.5, 0.6) is 0 Å². The van der Waals surface area contributed by atoms with E-state index in [1.807, 2.05) is 0 Å². The molecule has 140 valence electrons. The minimum absolute atomic E-state index is 0.0416. The van der Waals surface area contributed by atoms with Crippen molar-refractivity contribution in [2.45, 2.75) is 69.6 Å².